The number of nitrogens with one attached hydrogen (secondary N) is 2. The Bertz CT molecular complexity index is 843. The number of hydrogen-bond acceptors (Lipinski definition) is 6. The number of nitrogens with zero attached hydrogens (tertiary/aromatic N) is 3. The van der Waals surface area contributed by atoms with Crippen molar-refractivity contribution in [3.8, 4) is 0 Å². The maximum absolute atomic E-state index is 12.2. The Morgan fingerprint density at radius 3 is 2.52 bits per heavy atom. The Kier molecular flexibility index (Phi) is 5.35. The molecule has 0 spiro atoms. The van der Waals surface area contributed by atoms with Crippen LogP contribution in [0.25, 0.3) is 0 Å². The molecule has 0 radical (unpaired) electrons. The standard InChI is InChI=1S/C18H19N5OS/c1-12-10-13(2)21-17(20-12)23-18-22-15(11-25-18)16(24)19-9-8-14-6-4-3-5-7-14/h3-7,10-11H,8-9H2,1-2H3,(H,19,24)(H,20,21,22,23). The number of carbonyl (C=O) groups is 1. The Labute approximate surface area is 150 Å². The molecule has 0 bridgehead atoms. The van der Waals surface area contributed by atoms with E-state index in [-0.39, 0.29) is 5.91 Å². The second kappa shape index (κ2) is 7.85. The van der Waals surface area contributed by atoms with E-state index in [0.717, 1.165) is 17.8 Å². The molecule has 0 aliphatic heterocycles. The highest BCUT2D eigenvalue weighted by Crippen LogP contribution is 2.19. The van der Waals surface area contributed by atoms with Crippen molar-refractivity contribution in [2.75, 3.05) is 11.9 Å². The van der Waals surface area contributed by atoms with Gasteiger partial charge in [-0.3, -0.25) is 4.79 Å². The summed E-state index contributed by atoms with van der Waals surface area (Å²) in [5, 5.41) is 8.26. The third-order valence-corrected chi connectivity index (χ3v) is 4.24. The molecule has 2 heterocycles. The van der Waals surface area contributed by atoms with Gasteiger partial charge in [0.05, 0.1) is 0 Å². The number of aryl methyl sites for hydroxylation is 2. The molecule has 1 aromatic carbocycles. The molecule has 3 rings (SSSR count). The number of rotatable bonds is 6. The van der Waals surface area contributed by atoms with E-state index in [1.807, 2.05) is 50.2 Å². The van der Waals surface area contributed by atoms with Crippen molar-refractivity contribution in [2.24, 2.45) is 0 Å². The molecule has 3 aromatic rings. The van der Waals surface area contributed by atoms with Crippen LogP contribution in [0.3, 0.4) is 0 Å². The Hall–Kier alpha value is -2.80. The summed E-state index contributed by atoms with van der Waals surface area (Å²) in [7, 11) is 0. The van der Waals surface area contributed by atoms with Crippen LogP contribution in [-0.2, 0) is 6.42 Å². The van der Waals surface area contributed by atoms with Crippen LogP contribution in [0, 0.1) is 13.8 Å². The van der Waals surface area contributed by atoms with Gasteiger partial charge < -0.3 is 10.6 Å². The summed E-state index contributed by atoms with van der Waals surface area (Å²) in [5.74, 6) is 0.310. The van der Waals surface area contributed by atoms with Gasteiger partial charge >= 0.3 is 0 Å². The molecule has 0 atom stereocenters. The van der Waals surface area contributed by atoms with Crippen molar-refractivity contribution >= 4 is 28.3 Å². The molecule has 6 nitrogen and oxygen atoms in total. The van der Waals surface area contributed by atoms with Crippen LogP contribution in [0.2, 0.25) is 0 Å². The van der Waals surface area contributed by atoms with Gasteiger partial charge in [0, 0.05) is 23.3 Å². The molecular weight excluding hydrogens is 334 g/mol. The summed E-state index contributed by atoms with van der Waals surface area (Å²) in [4.78, 5) is 25.1. The second-order valence-electron chi connectivity index (χ2n) is 5.63. The molecule has 2 aromatic heterocycles. The zero-order chi connectivity index (χ0) is 17.6. The van der Waals surface area contributed by atoms with Crippen LogP contribution in [-0.4, -0.2) is 27.4 Å². The number of carbonyl (C=O) groups excluding carboxylic acids is 1. The van der Waals surface area contributed by atoms with E-state index in [4.69, 9.17) is 0 Å². The number of benzene rings is 1. The molecule has 0 saturated heterocycles. The molecule has 2 N–H and O–H groups in total. The highest BCUT2D eigenvalue weighted by Gasteiger charge is 2.11. The van der Waals surface area contributed by atoms with Crippen molar-refractivity contribution in [1.29, 1.82) is 0 Å². The molecule has 128 valence electrons. The van der Waals surface area contributed by atoms with Crippen molar-refractivity contribution in [3.63, 3.8) is 0 Å². The molecule has 0 unspecified atom stereocenters. The lowest BCUT2D eigenvalue weighted by Crippen LogP contribution is -2.25. The maximum Gasteiger partial charge on any atom is 0.270 e. The van der Waals surface area contributed by atoms with E-state index < -0.39 is 0 Å². The first-order valence-corrected chi connectivity index (χ1v) is 8.85. The Balaban J connectivity index is 1.56. The van der Waals surface area contributed by atoms with Crippen molar-refractivity contribution < 1.29 is 4.79 Å². The zero-order valence-corrected chi connectivity index (χ0v) is 14.9. The van der Waals surface area contributed by atoms with Crippen molar-refractivity contribution in [3.05, 3.63) is 64.4 Å². The first-order valence-electron chi connectivity index (χ1n) is 7.97. The fourth-order valence-corrected chi connectivity index (χ4v) is 3.05. The van der Waals surface area contributed by atoms with E-state index in [0.29, 0.717) is 23.3 Å². The van der Waals surface area contributed by atoms with E-state index in [2.05, 4.69) is 25.6 Å². The normalized spacial score (nSPS) is 10.5. The van der Waals surface area contributed by atoms with Gasteiger partial charge in [-0.25, -0.2) is 15.0 Å². The summed E-state index contributed by atoms with van der Waals surface area (Å²) in [6.45, 7) is 4.39. The number of aromatic nitrogens is 3. The minimum absolute atomic E-state index is 0.179. The van der Waals surface area contributed by atoms with Gasteiger partial charge in [-0.15, -0.1) is 11.3 Å². The van der Waals surface area contributed by atoms with Gasteiger partial charge in [0.1, 0.15) is 5.69 Å². The highest BCUT2D eigenvalue weighted by atomic mass is 32.1. The van der Waals surface area contributed by atoms with Gasteiger partial charge in [-0.2, -0.15) is 0 Å². The largest absolute Gasteiger partial charge is 0.350 e. The number of hydrogen-bond donors (Lipinski definition) is 2. The summed E-state index contributed by atoms with van der Waals surface area (Å²) < 4.78 is 0. The lowest BCUT2D eigenvalue weighted by molar-refractivity contribution is 0.0950. The maximum atomic E-state index is 12.2. The summed E-state index contributed by atoms with van der Waals surface area (Å²) in [6.07, 6.45) is 0.790. The lowest BCUT2D eigenvalue weighted by atomic mass is 10.1. The second-order valence-corrected chi connectivity index (χ2v) is 6.49. The molecule has 0 fully saturated rings. The van der Waals surface area contributed by atoms with E-state index in [9.17, 15) is 4.79 Å². The average molecular weight is 353 g/mol. The molecule has 0 aliphatic carbocycles. The monoisotopic (exact) mass is 353 g/mol. The summed E-state index contributed by atoms with van der Waals surface area (Å²) in [5.41, 5.74) is 3.34. The zero-order valence-electron chi connectivity index (χ0n) is 14.1. The third kappa shape index (κ3) is 4.84. The predicted octanol–water partition coefficient (Wildman–Crippen LogP) is 3.27. The lowest BCUT2D eigenvalue weighted by Gasteiger charge is -2.04. The SMILES string of the molecule is Cc1cc(C)nc(Nc2nc(C(=O)NCCc3ccccc3)cs2)n1. The van der Waals surface area contributed by atoms with Crippen LogP contribution in [0.15, 0.2) is 41.8 Å². The van der Waals surface area contributed by atoms with Crippen LogP contribution < -0.4 is 10.6 Å². The van der Waals surface area contributed by atoms with Crippen molar-refractivity contribution in [2.45, 2.75) is 20.3 Å². The van der Waals surface area contributed by atoms with Gasteiger partial charge in [-0.05, 0) is 31.9 Å². The fourth-order valence-electron chi connectivity index (χ4n) is 2.37. The number of thiazole rings is 1. The first kappa shape index (κ1) is 17.0. The molecule has 7 heteroatoms. The van der Waals surface area contributed by atoms with Gasteiger partial charge in [-0.1, -0.05) is 30.3 Å². The molecule has 1 amide bonds. The molecule has 0 aliphatic rings. The van der Waals surface area contributed by atoms with Gasteiger partial charge in [0.15, 0.2) is 5.13 Å². The number of amides is 1. The van der Waals surface area contributed by atoms with Crippen LogP contribution in [0.1, 0.15) is 27.4 Å². The third-order valence-electron chi connectivity index (χ3n) is 3.48. The van der Waals surface area contributed by atoms with E-state index >= 15 is 0 Å². The van der Waals surface area contributed by atoms with Crippen LogP contribution in [0.4, 0.5) is 11.1 Å². The van der Waals surface area contributed by atoms with Crippen LogP contribution in [0.5, 0.6) is 0 Å². The minimum atomic E-state index is -0.179. The topological polar surface area (TPSA) is 79.8 Å². The molecular formula is C18H19N5OS. The minimum Gasteiger partial charge on any atom is -0.350 e. The highest BCUT2D eigenvalue weighted by molar-refractivity contribution is 7.14. The quantitative estimate of drug-likeness (QED) is 0.711. The first-order chi connectivity index (χ1) is 12.1. The van der Waals surface area contributed by atoms with E-state index in [1.165, 1.54) is 16.9 Å². The molecule has 0 saturated carbocycles. The smallest absolute Gasteiger partial charge is 0.270 e. The van der Waals surface area contributed by atoms with Gasteiger partial charge in [0.25, 0.3) is 5.91 Å². The van der Waals surface area contributed by atoms with Gasteiger partial charge in [0.2, 0.25) is 5.95 Å². The Morgan fingerprint density at radius 1 is 1.08 bits per heavy atom. The average Bonchev–Trinajstić information content (AvgIpc) is 3.03. The van der Waals surface area contributed by atoms with Crippen LogP contribution >= 0.6 is 11.3 Å². The molecule has 25 heavy (non-hydrogen) atoms. The van der Waals surface area contributed by atoms with Crippen molar-refractivity contribution in [1.82, 2.24) is 20.3 Å². The number of anilines is 2. The predicted molar refractivity (Wildman–Crippen MR) is 99.4 cm³/mol. The van der Waals surface area contributed by atoms with E-state index in [1.54, 1.807) is 5.38 Å². The fraction of sp³-hybridized carbons (Fsp3) is 0.222. The Morgan fingerprint density at radius 2 is 1.80 bits per heavy atom. The summed E-state index contributed by atoms with van der Waals surface area (Å²) >= 11 is 1.35. The summed E-state index contributed by atoms with van der Waals surface area (Å²) in [6, 6.07) is 11.9.